The van der Waals surface area contributed by atoms with Gasteiger partial charge in [0.1, 0.15) is 12.4 Å². The van der Waals surface area contributed by atoms with Crippen LogP contribution in [0.5, 0.6) is 5.75 Å². The summed E-state index contributed by atoms with van der Waals surface area (Å²) in [5, 5.41) is 11.1. The number of nitro groups is 1. The van der Waals surface area contributed by atoms with E-state index < -0.39 is 16.8 Å². The summed E-state index contributed by atoms with van der Waals surface area (Å²) in [5.41, 5.74) is 5.43. The lowest BCUT2D eigenvalue weighted by Crippen LogP contribution is -2.13. The van der Waals surface area contributed by atoms with E-state index in [9.17, 15) is 24.5 Å². The second kappa shape index (κ2) is 9.26. The Bertz CT molecular complexity index is 907. The Hall–Kier alpha value is -3.75. The summed E-state index contributed by atoms with van der Waals surface area (Å²) in [5.74, 6) is -0.961. The van der Waals surface area contributed by atoms with Gasteiger partial charge in [0.15, 0.2) is 5.78 Å². The van der Waals surface area contributed by atoms with Crippen LogP contribution in [0.1, 0.15) is 39.6 Å². The molecule has 0 unspecified atom stereocenters. The van der Waals surface area contributed by atoms with Crippen LogP contribution in [0.3, 0.4) is 0 Å². The van der Waals surface area contributed by atoms with Gasteiger partial charge < -0.3 is 15.2 Å². The SMILES string of the molecule is CC(=O)c1ccc(OCCC(=O)OCc2ccc(C(N)=O)cc2[N+](=O)[O-])cc1. The largest absolute Gasteiger partial charge is 0.493 e. The van der Waals surface area contributed by atoms with Gasteiger partial charge in [0, 0.05) is 17.2 Å². The normalized spacial score (nSPS) is 10.2. The fourth-order valence-corrected chi connectivity index (χ4v) is 2.28. The third-order valence-corrected chi connectivity index (χ3v) is 3.79. The molecule has 28 heavy (non-hydrogen) atoms. The van der Waals surface area contributed by atoms with Crippen LogP contribution in [0, 0.1) is 10.1 Å². The molecule has 0 bridgehead atoms. The summed E-state index contributed by atoms with van der Waals surface area (Å²) in [7, 11) is 0. The highest BCUT2D eigenvalue weighted by atomic mass is 16.6. The van der Waals surface area contributed by atoms with Crippen molar-refractivity contribution in [2.45, 2.75) is 20.0 Å². The van der Waals surface area contributed by atoms with E-state index in [4.69, 9.17) is 15.2 Å². The third kappa shape index (κ3) is 5.63. The Morgan fingerprint density at radius 2 is 1.71 bits per heavy atom. The van der Waals surface area contributed by atoms with Gasteiger partial charge in [-0.1, -0.05) is 0 Å². The van der Waals surface area contributed by atoms with Crippen molar-refractivity contribution >= 4 is 23.3 Å². The Labute approximate surface area is 160 Å². The predicted octanol–water partition coefficient (Wildman–Crippen LogP) is 2.41. The van der Waals surface area contributed by atoms with Crippen LogP contribution in [0.15, 0.2) is 42.5 Å². The first-order valence-electron chi connectivity index (χ1n) is 8.24. The van der Waals surface area contributed by atoms with Gasteiger partial charge in [-0.25, -0.2) is 0 Å². The molecule has 0 heterocycles. The number of ether oxygens (including phenoxy) is 2. The van der Waals surface area contributed by atoms with Crippen LogP contribution in [-0.4, -0.2) is 29.2 Å². The van der Waals surface area contributed by atoms with Gasteiger partial charge in [-0.15, -0.1) is 0 Å². The number of primary amides is 1. The Morgan fingerprint density at radius 1 is 1.07 bits per heavy atom. The van der Waals surface area contributed by atoms with E-state index >= 15 is 0 Å². The monoisotopic (exact) mass is 386 g/mol. The average molecular weight is 386 g/mol. The summed E-state index contributed by atoms with van der Waals surface area (Å²) in [6.45, 7) is 1.18. The van der Waals surface area contributed by atoms with Gasteiger partial charge in [0.25, 0.3) is 5.69 Å². The number of amides is 1. The van der Waals surface area contributed by atoms with Gasteiger partial charge in [-0.3, -0.25) is 24.5 Å². The molecule has 0 spiro atoms. The molecule has 0 radical (unpaired) electrons. The molecule has 0 aliphatic carbocycles. The number of Topliss-reactive ketones (excluding diaryl/α,β-unsaturated/α-hetero) is 1. The van der Waals surface area contributed by atoms with Crippen molar-refractivity contribution in [2.24, 2.45) is 5.73 Å². The zero-order valence-electron chi connectivity index (χ0n) is 15.0. The summed E-state index contributed by atoms with van der Waals surface area (Å²) in [4.78, 5) is 44.6. The van der Waals surface area contributed by atoms with Crippen molar-refractivity contribution in [2.75, 3.05) is 6.61 Å². The van der Waals surface area contributed by atoms with Gasteiger partial charge in [-0.05, 0) is 43.3 Å². The highest BCUT2D eigenvalue weighted by Crippen LogP contribution is 2.21. The fraction of sp³-hybridized carbons (Fsp3) is 0.211. The predicted molar refractivity (Wildman–Crippen MR) is 98.0 cm³/mol. The topological polar surface area (TPSA) is 139 Å². The number of benzene rings is 2. The Balaban J connectivity index is 1.86. The lowest BCUT2D eigenvalue weighted by molar-refractivity contribution is -0.385. The van der Waals surface area contributed by atoms with E-state index in [2.05, 4.69) is 0 Å². The van der Waals surface area contributed by atoms with E-state index in [1.54, 1.807) is 24.3 Å². The van der Waals surface area contributed by atoms with E-state index in [1.165, 1.54) is 19.1 Å². The summed E-state index contributed by atoms with van der Waals surface area (Å²) in [6, 6.07) is 10.2. The maximum atomic E-state index is 11.8. The third-order valence-electron chi connectivity index (χ3n) is 3.79. The first-order chi connectivity index (χ1) is 13.3. The number of carbonyl (C=O) groups is 3. The minimum absolute atomic E-state index is 0.00836. The molecule has 146 valence electrons. The summed E-state index contributed by atoms with van der Waals surface area (Å²) < 4.78 is 10.4. The zero-order valence-corrected chi connectivity index (χ0v) is 15.0. The lowest BCUT2D eigenvalue weighted by Gasteiger charge is -2.08. The van der Waals surface area contributed by atoms with E-state index in [0.717, 1.165) is 6.07 Å². The molecule has 2 rings (SSSR count). The highest BCUT2D eigenvalue weighted by molar-refractivity contribution is 5.94. The number of carbonyl (C=O) groups excluding carboxylic acids is 3. The van der Waals surface area contributed by atoms with Crippen LogP contribution in [0.25, 0.3) is 0 Å². The van der Waals surface area contributed by atoms with E-state index in [-0.39, 0.29) is 42.2 Å². The quantitative estimate of drug-likeness (QED) is 0.302. The van der Waals surface area contributed by atoms with E-state index in [1.807, 2.05) is 0 Å². The van der Waals surface area contributed by atoms with E-state index in [0.29, 0.717) is 11.3 Å². The second-order valence-corrected chi connectivity index (χ2v) is 5.80. The van der Waals surface area contributed by atoms with Gasteiger partial charge in [-0.2, -0.15) is 0 Å². The summed E-state index contributed by atoms with van der Waals surface area (Å²) in [6.07, 6.45) is -0.0678. The van der Waals surface area contributed by atoms with Crippen LogP contribution >= 0.6 is 0 Å². The molecular weight excluding hydrogens is 368 g/mol. The minimum Gasteiger partial charge on any atom is -0.493 e. The van der Waals surface area contributed by atoms with Crippen molar-refractivity contribution in [3.63, 3.8) is 0 Å². The fourth-order valence-electron chi connectivity index (χ4n) is 2.28. The second-order valence-electron chi connectivity index (χ2n) is 5.80. The molecule has 2 N–H and O–H groups in total. The lowest BCUT2D eigenvalue weighted by atomic mass is 10.1. The minimum atomic E-state index is -0.792. The number of hydrogen-bond donors (Lipinski definition) is 1. The molecule has 0 aliphatic rings. The zero-order chi connectivity index (χ0) is 20.7. The van der Waals surface area contributed by atoms with Gasteiger partial charge in [0.05, 0.1) is 23.5 Å². The molecule has 0 aliphatic heterocycles. The molecular formula is C19H18N2O7. The van der Waals surface area contributed by atoms with Gasteiger partial charge >= 0.3 is 5.97 Å². The molecule has 2 aromatic carbocycles. The molecule has 9 heteroatoms. The first kappa shape index (κ1) is 20.6. The van der Waals surface area contributed by atoms with Crippen molar-refractivity contribution in [1.82, 2.24) is 0 Å². The molecule has 0 aromatic heterocycles. The van der Waals surface area contributed by atoms with Crippen LogP contribution in [-0.2, 0) is 16.1 Å². The molecule has 1 amide bonds. The number of rotatable bonds is 9. The molecule has 0 fully saturated rings. The van der Waals surface area contributed by atoms with Gasteiger partial charge in [0.2, 0.25) is 5.91 Å². The van der Waals surface area contributed by atoms with Crippen molar-refractivity contribution in [3.05, 3.63) is 69.3 Å². The smallest absolute Gasteiger partial charge is 0.309 e. The molecule has 2 aromatic rings. The number of nitrogens with two attached hydrogens (primary N) is 1. The Kier molecular flexibility index (Phi) is 6.80. The molecule has 0 saturated heterocycles. The maximum Gasteiger partial charge on any atom is 0.309 e. The number of esters is 1. The number of nitro benzene ring substituents is 1. The molecule has 0 saturated carbocycles. The van der Waals surface area contributed by atoms with Crippen LogP contribution in [0.2, 0.25) is 0 Å². The highest BCUT2D eigenvalue weighted by Gasteiger charge is 2.18. The van der Waals surface area contributed by atoms with Crippen molar-refractivity contribution in [1.29, 1.82) is 0 Å². The standard InChI is InChI=1S/C19H18N2O7/c1-12(22)13-4-6-16(7-5-13)27-9-8-18(23)28-11-15-3-2-14(19(20)24)10-17(15)21(25)26/h2-7,10H,8-9,11H2,1H3,(H2,20,24). The molecule has 0 atom stereocenters. The van der Waals surface area contributed by atoms with Crippen LogP contribution in [0.4, 0.5) is 5.69 Å². The average Bonchev–Trinajstić information content (AvgIpc) is 2.66. The van der Waals surface area contributed by atoms with Crippen LogP contribution < -0.4 is 10.5 Å². The Morgan fingerprint density at radius 3 is 2.29 bits per heavy atom. The number of nitrogens with zero attached hydrogens (tertiary/aromatic N) is 1. The maximum absolute atomic E-state index is 11.8. The summed E-state index contributed by atoms with van der Waals surface area (Å²) >= 11 is 0. The number of ketones is 1. The number of hydrogen-bond acceptors (Lipinski definition) is 7. The van der Waals surface area contributed by atoms with Crippen molar-refractivity contribution in [3.8, 4) is 5.75 Å². The van der Waals surface area contributed by atoms with Crippen molar-refractivity contribution < 1.29 is 28.8 Å². The molecule has 9 nitrogen and oxygen atoms in total. The first-order valence-corrected chi connectivity index (χ1v) is 8.24.